The molecule has 1 heterocycles. The van der Waals surface area contributed by atoms with E-state index in [0.717, 1.165) is 19.3 Å². The van der Waals surface area contributed by atoms with Gasteiger partial charge in [-0.15, -0.1) is 0 Å². The highest BCUT2D eigenvalue weighted by atomic mass is 32.2. The van der Waals surface area contributed by atoms with Gasteiger partial charge >= 0.3 is 0 Å². The molecule has 1 aliphatic heterocycles. The number of carbonyl (C=O) groups is 1. The Bertz CT molecular complexity index is 554. The van der Waals surface area contributed by atoms with E-state index in [1.165, 1.54) is 0 Å². The van der Waals surface area contributed by atoms with Crippen LogP contribution >= 0.6 is 0 Å². The van der Waals surface area contributed by atoms with E-state index in [-0.39, 0.29) is 17.7 Å². The molecule has 0 aliphatic carbocycles. The highest BCUT2D eigenvalue weighted by Crippen LogP contribution is 2.23. The number of benzene rings is 1. The number of nitrogens with zero attached hydrogens (tertiary/aromatic N) is 1. The molecule has 1 fully saturated rings. The van der Waals surface area contributed by atoms with E-state index in [2.05, 4.69) is 0 Å². The number of amides is 1. The monoisotopic (exact) mass is 295 g/mol. The summed E-state index contributed by atoms with van der Waals surface area (Å²) in [5.41, 5.74) is 0. The number of hydrogen-bond donors (Lipinski definition) is 0. The molecule has 0 radical (unpaired) electrons. The average molecular weight is 295 g/mol. The predicted molar refractivity (Wildman–Crippen MR) is 78.1 cm³/mol. The summed E-state index contributed by atoms with van der Waals surface area (Å²) in [6.45, 7) is 2.65. The van der Waals surface area contributed by atoms with Crippen molar-refractivity contribution in [3.63, 3.8) is 0 Å². The molecule has 1 amide bonds. The molecule has 0 aromatic heterocycles. The molecule has 0 N–H and O–H groups in total. The highest BCUT2D eigenvalue weighted by molar-refractivity contribution is 7.91. The maximum Gasteiger partial charge on any atom is 0.222 e. The maximum atomic E-state index is 12.4. The fourth-order valence-corrected chi connectivity index (χ4v) is 4.29. The van der Waals surface area contributed by atoms with E-state index in [4.69, 9.17) is 0 Å². The van der Waals surface area contributed by atoms with Gasteiger partial charge in [0, 0.05) is 19.0 Å². The third-order valence-corrected chi connectivity index (χ3v) is 5.49. The van der Waals surface area contributed by atoms with Gasteiger partial charge in [0.2, 0.25) is 5.91 Å². The molecule has 1 saturated heterocycles. The smallest absolute Gasteiger partial charge is 0.222 e. The molecule has 0 bridgehead atoms. The minimum absolute atomic E-state index is 0.0342. The zero-order valence-corrected chi connectivity index (χ0v) is 12.6. The third-order valence-electron chi connectivity index (χ3n) is 3.68. The largest absolute Gasteiger partial charge is 0.339 e. The summed E-state index contributed by atoms with van der Waals surface area (Å²) >= 11 is 0. The van der Waals surface area contributed by atoms with Gasteiger partial charge in [-0.1, -0.05) is 25.1 Å². The van der Waals surface area contributed by atoms with Crippen LogP contribution in [0.4, 0.5) is 0 Å². The lowest BCUT2D eigenvalue weighted by atomic mass is 10.2. The van der Waals surface area contributed by atoms with E-state index in [0.29, 0.717) is 17.9 Å². The van der Waals surface area contributed by atoms with Crippen LogP contribution in [0.3, 0.4) is 0 Å². The van der Waals surface area contributed by atoms with Crippen LogP contribution in [0.15, 0.2) is 35.2 Å². The Hall–Kier alpha value is -1.36. The van der Waals surface area contributed by atoms with Crippen LogP contribution in [0.2, 0.25) is 0 Å². The molecule has 1 unspecified atom stereocenters. The molecule has 110 valence electrons. The first-order valence-electron chi connectivity index (χ1n) is 7.12. The lowest BCUT2D eigenvalue weighted by Gasteiger charge is -2.24. The topological polar surface area (TPSA) is 54.5 Å². The molecule has 1 aliphatic rings. The summed E-state index contributed by atoms with van der Waals surface area (Å²) in [5.74, 6) is 0.116. The van der Waals surface area contributed by atoms with Crippen LogP contribution in [0.1, 0.15) is 32.6 Å². The molecule has 1 aromatic carbocycles. The Morgan fingerprint density at radius 1 is 1.30 bits per heavy atom. The lowest BCUT2D eigenvalue weighted by Crippen LogP contribution is -2.39. The van der Waals surface area contributed by atoms with Crippen molar-refractivity contribution in [2.75, 3.05) is 12.3 Å². The van der Waals surface area contributed by atoms with E-state index >= 15 is 0 Å². The Morgan fingerprint density at radius 2 is 2.00 bits per heavy atom. The Kier molecular flexibility index (Phi) is 4.81. The molecule has 1 atom stereocenters. The van der Waals surface area contributed by atoms with Crippen molar-refractivity contribution in [1.82, 2.24) is 4.90 Å². The van der Waals surface area contributed by atoms with Crippen molar-refractivity contribution >= 4 is 15.7 Å². The van der Waals surface area contributed by atoms with Crippen molar-refractivity contribution in [2.24, 2.45) is 0 Å². The van der Waals surface area contributed by atoms with E-state index in [9.17, 15) is 13.2 Å². The number of sulfone groups is 1. The van der Waals surface area contributed by atoms with Crippen LogP contribution in [0.5, 0.6) is 0 Å². The molecular weight excluding hydrogens is 274 g/mol. The summed E-state index contributed by atoms with van der Waals surface area (Å²) < 4.78 is 24.8. The molecular formula is C15H21NO3S. The number of likely N-dealkylation sites (tertiary alicyclic amines) is 1. The van der Waals surface area contributed by atoms with Gasteiger partial charge in [0.25, 0.3) is 0 Å². The van der Waals surface area contributed by atoms with Crippen LogP contribution in [0, 0.1) is 0 Å². The van der Waals surface area contributed by atoms with E-state index in [1.807, 2.05) is 6.92 Å². The van der Waals surface area contributed by atoms with Gasteiger partial charge in [-0.2, -0.15) is 0 Å². The second kappa shape index (κ2) is 6.39. The number of hydrogen-bond acceptors (Lipinski definition) is 3. The normalized spacial score (nSPS) is 19.2. The summed E-state index contributed by atoms with van der Waals surface area (Å²) in [5, 5.41) is 0. The van der Waals surface area contributed by atoms with Crippen molar-refractivity contribution in [3.8, 4) is 0 Å². The zero-order chi connectivity index (χ0) is 14.6. The molecule has 0 spiro atoms. The van der Waals surface area contributed by atoms with Gasteiger partial charge in [-0.05, 0) is 31.4 Å². The van der Waals surface area contributed by atoms with Gasteiger partial charge in [0.1, 0.15) is 0 Å². The maximum absolute atomic E-state index is 12.4. The van der Waals surface area contributed by atoms with Gasteiger partial charge < -0.3 is 4.90 Å². The fraction of sp³-hybridized carbons (Fsp3) is 0.533. The average Bonchev–Trinajstić information content (AvgIpc) is 2.87. The molecule has 2 rings (SSSR count). The molecule has 5 heteroatoms. The van der Waals surface area contributed by atoms with Crippen molar-refractivity contribution < 1.29 is 13.2 Å². The van der Waals surface area contributed by atoms with Crippen molar-refractivity contribution in [1.29, 1.82) is 0 Å². The minimum Gasteiger partial charge on any atom is -0.339 e. The van der Waals surface area contributed by atoms with E-state index in [1.54, 1.807) is 35.2 Å². The van der Waals surface area contributed by atoms with Crippen LogP contribution in [-0.4, -0.2) is 37.6 Å². The minimum atomic E-state index is -3.32. The third kappa shape index (κ3) is 3.39. The molecule has 4 nitrogen and oxygen atoms in total. The van der Waals surface area contributed by atoms with Crippen molar-refractivity contribution in [3.05, 3.63) is 30.3 Å². The number of carbonyl (C=O) groups excluding carboxylic acids is 1. The first-order chi connectivity index (χ1) is 9.54. The summed E-state index contributed by atoms with van der Waals surface area (Å²) in [7, 11) is -3.32. The second-order valence-electron chi connectivity index (χ2n) is 5.23. The van der Waals surface area contributed by atoms with Crippen LogP contribution in [0.25, 0.3) is 0 Å². The Morgan fingerprint density at radius 3 is 2.65 bits per heavy atom. The standard InChI is InChI=1S/C15H21NO3S/c1-2-7-15(17)16-11-6-8-13(16)12-20(18,19)14-9-4-3-5-10-14/h3-5,9-10,13H,2,6-8,11-12H2,1H3. The predicted octanol–water partition coefficient (Wildman–Crippen LogP) is 2.25. The van der Waals surface area contributed by atoms with E-state index < -0.39 is 9.84 Å². The van der Waals surface area contributed by atoms with Gasteiger partial charge in [0.05, 0.1) is 10.6 Å². The number of rotatable bonds is 5. The Balaban J connectivity index is 2.11. The highest BCUT2D eigenvalue weighted by Gasteiger charge is 2.32. The fourth-order valence-electron chi connectivity index (χ4n) is 2.67. The Labute approximate surface area is 120 Å². The zero-order valence-electron chi connectivity index (χ0n) is 11.8. The summed E-state index contributed by atoms with van der Waals surface area (Å²) in [6.07, 6.45) is 2.97. The summed E-state index contributed by atoms with van der Waals surface area (Å²) in [6, 6.07) is 8.30. The lowest BCUT2D eigenvalue weighted by molar-refractivity contribution is -0.131. The van der Waals surface area contributed by atoms with Gasteiger partial charge in [0.15, 0.2) is 9.84 Å². The summed E-state index contributed by atoms with van der Waals surface area (Å²) in [4.78, 5) is 14.1. The molecule has 1 aromatic rings. The van der Waals surface area contributed by atoms with Gasteiger partial charge in [-0.3, -0.25) is 4.79 Å². The molecule has 20 heavy (non-hydrogen) atoms. The molecule has 0 saturated carbocycles. The SMILES string of the molecule is CCCC(=O)N1CCCC1CS(=O)(=O)c1ccccc1. The van der Waals surface area contributed by atoms with Crippen LogP contribution < -0.4 is 0 Å². The van der Waals surface area contributed by atoms with Gasteiger partial charge in [-0.25, -0.2) is 8.42 Å². The second-order valence-corrected chi connectivity index (χ2v) is 7.26. The van der Waals surface area contributed by atoms with Crippen molar-refractivity contribution in [2.45, 2.75) is 43.5 Å². The first-order valence-corrected chi connectivity index (χ1v) is 8.77. The van der Waals surface area contributed by atoms with Crippen LogP contribution in [-0.2, 0) is 14.6 Å². The quantitative estimate of drug-likeness (QED) is 0.837. The first kappa shape index (κ1) is 15.0.